The number of nitrogens with zero attached hydrogens (tertiary/aromatic N) is 2. The second kappa shape index (κ2) is 9.43. The van der Waals surface area contributed by atoms with Gasteiger partial charge in [0.15, 0.2) is 0 Å². The zero-order valence-electron chi connectivity index (χ0n) is 14.2. The molecule has 0 saturated carbocycles. The van der Waals surface area contributed by atoms with E-state index in [0.29, 0.717) is 23.2 Å². The minimum absolute atomic E-state index is 0. The molecule has 8 heteroatoms. The molecule has 0 aliphatic heterocycles. The van der Waals surface area contributed by atoms with Gasteiger partial charge in [0.2, 0.25) is 0 Å². The van der Waals surface area contributed by atoms with Crippen molar-refractivity contribution in [2.45, 2.75) is 12.5 Å². The molecule has 0 amide bonds. The van der Waals surface area contributed by atoms with Gasteiger partial charge in [-0.25, -0.2) is 9.78 Å². The van der Waals surface area contributed by atoms with E-state index in [2.05, 4.69) is 4.98 Å². The molecule has 0 fully saturated rings. The summed E-state index contributed by atoms with van der Waals surface area (Å²) in [4.78, 5) is 15.8. The number of carbonyl (C=O) groups is 1. The second-order valence-corrected chi connectivity index (χ2v) is 5.73. The molecule has 0 aliphatic rings. The fourth-order valence-corrected chi connectivity index (χ4v) is 2.73. The third kappa shape index (κ3) is 4.66. The molecule has 3 rings (SSSR count). The number of hydrogen-bond donors (Lipinski definition) is 2. The molecule has 26 heavy (non-hydrogen) atoms. The highest BCUT2D eigenvalue weighted by Gasteiger charge is 2.19. The maximum Gasteiger partial charge on any atom is 0.341 e. The molecule has 0 spiro atoms. The molecule has 1 atom stereocenters. The quantitative estimate of drug-likeness (QED) is 0.666. The Morgan fingerprint density at radius 2 is 1.92 bits per heavy atom. The maximum atomic E-state index is 11.7. The minimum atomic E-state index is -1.05. The molecule has 2 aromatic carbocycles. The van der Waals surface area contributed by atoms with Gasteiger partial charge in [-0.05, 0) is 24.1 Å². The third-order valence-corrected chi connectivity index (χ3v) is 3.85. The highest BCUT2D eigenvalue weighted by atomic mass is 35.5. The van der Waals surface area contributed by atoms with Gasteiger partial charge in [0.25, 0.3) is 0 Å². The average Bonchev–Trinajstić information content (AvgIpc) is 2.94. The molecule has 1 heterocycles. The van der Waals surface area contributed by atoms with E-state index in [1.807, 2.05) is 30.3 Å². The Labute approximate surface area is 163 Å². The highest BCUT2D eigenvalue weighted by molar-refractivity contribution is 6.03. The predicted octanol–water partition coefficient (Wildman–Crippen LogP) is 3.06. The first-order valence-electron chi connectivity index (χ1n) is 7.66. The zero-order valence-corrected chi connectivity index (χ0v) is 15.8. The summed E-state index contributed by atoms with van der Waals surface area (Å²) in [6.07, 6.45) is 2.25. The summed E-state index contributed by atoms with van der Waals surface area (Å²) in [5.41, 5.74) is 8.50. The van der Waals surface area contributed by atoms with Gasteiger partial charge < -0.3 is 20.1 Å². The van der Waals surface area contributed by atoms with Crippen molar-refractivity contribution in [2.24, 2.45) is 12.8 Å². The van der Waals surface area contributed by atoms with Crippen molar-refractivity contribution >= 4 is 41.8 Å². The molecule has 0 aliphatic carbocycles. The Bertz CT molecular complexity index is 869. The van der Waals surface area contributed by atoms with Crippen molar-refractivity contribution in [3.05, 3.63) is 59.9 Å². The number of aromatic nitrogens is 2. The second-order valence-electron chi connectivity index (χ2n) is 5.73. The molecule has 1 unspecified atom stereocenters. The topological polar surface area (TPSA) is 90.4 Å². The minimum Gasteiger partial charge on any atom is -0.491 e. The van der Waals surface area contributed by atoms with Crippen molar-refractivity contribution in [1.82, 2.24) is 9.55 Å². The van der Waals surface area contributed by atoms with E-state index >= 15 is 0 Å². The Balaban J connectivity index is 0.00000169. The highest BCUT2D eigenvalue weighted by Crippen LogP contribution is 2.27. The van der Waals surface area contributed by atoms with Gasteiger partial charge in [-0.1, -0.05) is 30.3 Å². The lowest BCUT2D eigenvalue weighted by atomic mass is 10.1. The number of halogens is 2. The fourth-order valence-electron chi connectivity index (χ4n) is 2.73. The number of aromatic carboxylic acids is 1. The van der Waals surface area contributed by atoms with Crippen LogP contribution in [-0.2, 0) is 13.5 Å². The van der Waals surface area contributed by atoms with Crippen LogP contribution in [0.4, 0.5) is 0 Å². The summed E-state index contributed by atoms with van der Waals surface area (Å²) >= 11 is 0. The molecular formula is C18H21Cl2N3O3. The Kier molecular flexibility index (Phi) is 7.89. The number of aryl methyl sites for hydroxylation is 1. The molecule has 3 N–H and O–H groups in total. The van der Waals surface area contributed by atoms with E-state index in [1.165, 1.54) is 0 Å². The number of nitrogens with two attached hydrogens (primary N) is 1. The first kappa shape index (κ1) is 21.8. The third-order valence-electron chi connectivity index (χ3n) is 3.85. The van der Waals surface area contributed by atoms with Gasteiger partial charge in [-0.3, -0.25) is 0 Å². The lowest BCUT2D eigenvalue weighted by molar-refractivity contribution is 0.0693. The van der Waals surface area contributed by atoms with E-state index in [0.717, 1.165) is 5.56 Å². The van der Waals surface area contributed by atoms with Crippen molar-refractivity contribution in [3.8, 4) is 5.75 Å². The Morgan fingerprint density at radius 1 is 1.23 bits per heavy atom. The van der Waals surface area contributed by atoms with Crippen LogP contribution in [0.3, 0.4) is 0 Å². The maximum absolute atomic E-state index is 11.7. The predicted molar refractivity (Wildman–Crippen MR) is 106 cm³/mol. The first-order chi connectivity index (χ1) is 11.6. The zero-order chi connectivity index (χ0) is 17.1. The van der Waals surface area contributed by atoms with Crippen LogP contribution in [0.2, 0.25) is 0 Å². The average molecular weight is 398 g/mol. The first-order valence-corrected chi connectivity index (χ1v) is 7.66. The molecule has 140 valence electrons. The van der Waals surface area contributed by atoms with Crippen LogP contribution < -0.4 is 10.5 Å². The molecule has 1 aromatic heterocycles. The van der Waals surface area contributed by atoms with Gasteiger partial charge in [-0.2, -0.15) is 0 Å². The standard InChI is InChI=1S/C18H19N3O3.2ClH/c1-21-11-20-14-7-8-15(16(17(14)21)18(22)23)24-10-13(19)9-12-5-3-2-4-6-12;;/h2-8,11,13H,9-10,19H2,1H3,(H,22,23);2*1H. The molecule has 0 saturated heterocycles. The van der Waals surface area contributed by atoms with Gasteiger partial charge in [0.1, 0.15) is 17.9 Å². The number of ether oxygens (including phenoxy) is 1. The van der Waals surface area contributed by atoms with Crippen molar-refractivity contribution in [1.29, 1.82) is 0 Å². The largest absolute Gasteiger partial charge is 0.491 e. The molecule has 0 radical (unpaired) electrons. The SMILES string of the molecule is Cl.Cl.Cn1cnc2ccc(OCC(N)Cc3ccccc3)c(C(=O)O)c21. The fraction of sp³-hybridized carbons (Fsp3) is 0.222. The number of benzene rings is 2. The van der Waals surface area contributed by atoms with Crippen LogP contribution in [0.1, 0.15) is 15.9 Å². The number of carboxylic acid groups (broad SMARTS) is 1. The normalized spacial score (nSPS) is 11.3. The number of fused-ring (bicyclic) bond motifs is 1. The van der Waals surface area contributed by atoms with Crippen LogP contribution >= 0.6 is 24.8 Å². The summed E-state index contributed by atoms with van der Waals surface area (Å²) < 4.78 is 7.39. The van der Waals surface area contributed by atoms with E-state index in [4.69, 9.17) is 10.5 Å². The van der Waals surface area contributed by atoms with Crippen molar-refractivity contribution in [3.63, 3.8) is 0 Å². The lowest BCUT2D eigenvalue weighted by Gasteiger charge is -2.15. The summed E-state index contributed by atoms with van der Waals surface area (Å²) in [5, 5.41) is 9.55. The number of rotatable bonds is 6. The van der Waals surface area contributed by atoms with E-state index in [-0.39, 0.29) is 43.0 Å². The molecule has 3 aromatic rings. The van der Waals surface area contributed by atoms with Crippen LogP contribution in [0.25, 0.3) is 11.0 Å². The van der Waals surface area contributed by atoms with E-state index < -0.39 is 5.97 Å². The number of imidazole rings is 1. The summed E-state index contributed by atoms with van der Waals surface area (Å²) in [7, 11) is 1.76. The summed E-state index contributed by atoms with van der Waals surface area (Å²) in [6.45, 7) is 0.235. The van der Waals surface area contributed by atoms with Gasteiger partial charge in [0, 0.05) is 13.1 Å². The Morgan fingerprint density at radius 3 is 2.58 bits per heavy atom. The molecule has 6 nitrogen and oxygen atoms in total. The van der Waals surface area contributed by atoms with Crippen molar-refractivity contribution in [2.75, 3.05) is 6.61 Å². The summed E-state index contributed by atoms with van der Waals surface area (Å²) in [6, 6.07) is 13.0. The van der Waals surface area contributed by atoms with E-state index in [1.54, 1.807) is 30.1 Å². The van der Waals surface area contributed by atoms with Crippen LogP contribution in [0.5, 0.6) is 5.75 Å². The molecule has 0 bridgehead atoms. The number of hydrogen-bond acceptors (Lipinski definition) is 4. The molecular weight excluding hydrogens is 377 g/mol. The van der Waals surface area contributed by atoms with Crippen LogP contribution in [0.15, 0.2) is 48.8 Å². The van der Waals surface area contributed by atoms with Gasteiger partial charge in [-0.15, -0.1) is 24.8 Å². The monoisotopic (exact) mass is 397 g/mol. The van der Waals surface area contributed by atoms with Crippen LogP contribution in [0, 0.1) is 0 Å². The smallest absolute Gasteiger partial charge is 0.341 e. The lowest BCUT2D eigenvalue weighted by Crippen LogP contribution is -2.30. The van der Waals surface area contributed by atoms with E-state index in [9.17, 15) is 9.90 Å². The Hall–Kier alpha value is -2.28. The number of carboxylic acids is 1. The van der Waals surface area contributed by atoms with Crippen molar-refractivity contribution < 1.29 is 14.6 Å². The van der Waals surface area contributed by atoms with Crippen LogP contribution in [-0.4, -0.2) is 33.3 Å². The summed E-state index contributed by atoms with van der Waals surface area (Å²) in [5.74, 6) is -0.738. The van der Waals surface area contributed by atoms with Gasteiger partial charge in [0.05, 0.1) is 17.4 Å². The van der Waals surface area contributed by atoms with Gasteiger partial charge >= 0.3 is 5.97 Å².